The molecule has 0 spiro atoms. The molecule has 0 fully saturated rings. The van der Waals surface area contributed by atoms with Crippen molar-refractivity contribution in [2.45, 2.75) is 40.2 Å². The number of hydrogen-bond donors (Lipinski definition) is 2. The van der Waals surface area contributed by atoms with E-state index >= 15 is 0 Å². The zero-order chi connectivity index (χ0) is 13.5. The van der Waals surface area contributed by atoms with Crippen molar-refractivity contribution in [2.75, 3.05) is 11.9 Å². The number of carbonyl (C=O) groups is 1. The van der Waals surface area contributed by atoms with Crippen molar-refractivity contribution in [3.8, 4) is 0 Å². The lowest BCUT2D eigenvalue weighted by Gasteiger charge is -2.18. The van der Waals surface area contributed by atoms with Crippen molar-refractivity contribution in [1.82, 2.24) is 5.32 Å². The summed E-state index contributed by atoms with van der Waals surface area (Å²) in [5.74, 6) is 0.463. The molecule has 0 aromatic heterocycles. The van der Waals surface area contributed by atoms with Gasteiger partial charge in [-0.3, -0.25) is 4.79 Å². The van der Waals surface area contributed by atoms with Crippen LogP contribution in [0.2, 0.25) is 0 Å². The molecule has 0 aliphatic heterocycles. The molecule has 1 unspecified atom stereocenters. The van der Waals surface area contributed by atoms with Crippen molar-refractivity contribution in [3.63, 3.8) is 0 Å². The van der Waals surface area contributed by atoms with Crippen molar-refractivity contribution in [1.29, 1.82) is 0 Å². The molecule has 18 heavy (non-hydrogen) atoms. The number of anilines is 1. The molecule has 0 heterocycles. The maximum Gasteiger partial charge on any atom is 0.224 e. The summed E-state index contributed by atoms with van der Waals surface area (Å²) in [5, 5.41) is 6.37. The second-order valence-electron chi connectivity index (χ2n) is 5.01. The average Bonchev–Trinajstić information content (AvgIpc) is 2.28. The Morgan fingerprint density at radius 3 is 2.50 bits per heavy atom. The van der Waals surface area contributed by atoms with Gasteiger partial charge in [0.15, 0.2) is 0 Å². The van der Waals surface area contributed by atoms with E-state index in [0.717, 1.165) is 17.8 Å². The number of carbonyl (C=O) groups excluding carboxylic acids is 1. The van der Waals surface area contributed by atoms with Gasteiger partial charge in [-0.25, -0.2) is 0 Å². The van der Waals surface area contributed by atoms with Gasteiger partial charge in [0.2, 0.25) is 5.91 Å². The zero-order valence-corrected chi connectivity index (χ0v) is 11.8. The highest BCUT2D eigenvalue weighted by molar-refractivity contribution is 5.91. The van der Waals surface area contributed by atoms with Gasteiger partial charge < -0.3 is 10.6 Å². The van der Waals surface area contributed by atoms with E-state index in [9.17, 15) is 4.79 Å². The molecule has 0 aliphatic rings. The first-order valence-electron chi connectivity index (χ1n) is 6.66. The fourth-order valence-corrected chi connectivity index (χ4v) is 1.98. The smallest absolute Gasteiger partial charge is 0.224 e. The van der Waals surface area contributed by atoms with Crippen LogP contribution in [0.15, 0.2) is 24.3 Å². The van der Waals surface area contributed by atoms with Crippen LogP contribution in [0.3, 0.4) is 0 Å². The molecule has 1 amide bonds. The lowest BCUT2D eigenvalue weighted by molar-refractivity contribution is -0.116. The van der Waals surface area contributed by atoms with Gasteiger partial charge in [0.05, 0.1) is 0 Å². The maximum atomic E-state index is 11.8. The van der Waals surface area contributed by atoms with E-state index in [1.165, 1.54) is 0 Å². The summed E-state index contributed by atoms with van der Waals surface area (Å²) in [4.78, 5) is 11.8. The standard InChI is InChI=1S/C15H24N2O/c1-5-16-12(4)13-8-6-7-9-14(13)17-15(18)10-11(2)3/h6-9,11-12,16H,5,10H2,1-4H3,(H,17,18). The molecule has 1 aromatic rings. The Bertz CT molecular complexity index is 388. The summed E-state index contributed by atoms with van der Waals surface area (Å²) in [6, 6.07) is 8.21. The summed E-state index contributed by atoms with van der Waals surface area (Å²) in [6.07, 6.45) is 0.559. The van der Waals surface area contributed by atoms with E-state index in [0.29, 0.717) is 12.3 Å². The second-order valence-corrected chi connectivity index (χ2v) is 5.01. The van der Waals surface area contributed by atoms with Crippen LogP contribution in [-0.2, 0) is 4.79 Å². The molecule has 0 radical (unpaired) electrons. The minimum Gasteiger partial charge on any atom is -0.326 e. The molecule has 0 saturated heterocycles. The first-order valence-corrected chi connectivity index (χ1v) is 6.66. The van der Waals surface area contributed by atoms with Crippen LogP contribution in [0.5, 0.6) is 0 Å². The fourth-order valence-electron chi connectivity index (χ4n) is 1.98. The lowest BCUT2D eigenvalue weighted by Crippen LogP contribution is -2.21. The van der Waals surface area contributed by atoms with Crippen LogP contribution in [0.4, 0.5) is 5.69 Å². The maximum absolute atomic E-state index is 11.8. The molecular weight excluding hydrogens is 224 g/mol. The summed E-state index contributed by atoms with van der Waals surface area (Å²) < 4.78 is 0. The Morgan fingerprint density at radius 1 is 1.22 bits per heavy atom. The lowest BCUT2D eigenvalue weighted by atomic mass is 10.1. The largest absolute Gasteiger partial charge is 0.326 e. The van der Waals surface area contributed by atoms with Gasteiger partial charge in [-0.05, 0) is 31.0 Å². The number of para-hydroxylation sites is 1. The van der Waals surface area contributed by atoms with Gasteiger partial charge in [-0.15, -0.1) is 0 Å². The molecular formula is C15H24N2O. The Hall–Kier alpha value is -1.35. The third kappa shape index (κ3) is 4.49. The van der Waals surface area contributed by atoms with Crippen LogP contribution >= 0.6 is 0 Å². The van der Waals surface area contributed by atoms with Gasteiger partial charge in [-0.1, -0.05) is 39.0 Å². The molecule has 3 heteroatoms. The van der Waals surface area contributed by atoms with Crippen LogP contribution in [0, 0.1) is 5.92 Å². The molecule has 0 bridgehead atoms. The molecule has 0 aliphatic carbocycles. The Kier molecular flexibility index (Phi) is 5.86. The number of benzene rings is 1. The predicted molar refractivity (Wildman–Crippen MR) is 76.6 cm³/mol. The van der Waals surface area contributed by atoms with E-state index in [4.69, 9.17) is 0 Å². The minimum atomic E-state index is 0.0844. The SMILES string of the molecule is CCNC(C)c1ccccc1NC(=O)CC(C)C. The van der Waals surface area contributed by atoms with E-state index in [1.54, 1.807) is 0 Å². The molecule has 100 valence electrons. The van der Waals surface area contributed by atoms with Crippen molar-refractivity contribution in [2.24, 2.45) is 5.92 Å². The van der Waals surface area contributed by atoms with Gasteiger partial charge in [-0.2, -0.15) is 0 Å². The topological polar surface area (TPSA) is 41.1 Å². The highest BCUT2D eigenvalue weighted by Crippen LogP contribution is 2.22. The van der Waals surface area contributed by atoms with E-state index < -0.39 is 0 Å². The molecule has 1 aromatic carbocycles. The monoisotopic (exact) mass is 248 g/mol. The first kappa shape index (κ1) is 14.7. The zero-order valence-electron chi connectivity index (χ0n) is 11.8. The van der Waals surface area contributed by atoms with Gasteiger partial charge in [0.25, 0.3) is 0 Å². The number of nitrogens with one attached hydrogen (secondary N) is 2. The third-order valence-corrected chi connectivity index (χ3v) is 2.81. The van der Waals surface area contributed by atoms with E-state index in [1.807, 2.05) is 32.0 Å². The van der Waals surface area contributed by atoms with Crippen molar-refractivity contribution in [3.05, 3.63) is 29.8 Å². The first-order chi connectivity index (χ1) is 8.54. The van der Waals surface area contributed by atoms with Crippen LogP contribution in [0.25, 0.3) is 0 Å². The van der Waals surface area contributed by atoms with Crippen LogP contribution in [0.1, 0.15) is 45.7 Å². The van der Waals surface area contributed by atoms with Crippen LogP contribution in [-0.4, -0.2) is 12.5 Å². The summed E-state index contributed by atoms with van der Waals surface area (Å²) in [7, 11) is 0. The number of amides is 1. The van der Waals surface area contributed by atoms with E-state index in [-0.39, 0.29) is 11.9 Å². The summed E-state index contributed by atoms with van der Waals surface area (Å²) >= 11 is 0. The average molecular weight is 248 g/mol. The minimum absolute atomic E-state index is 0.0844. The van der Waals surface area contributed by atoms with E-state index in [2.05, 4.69) is 30.5 Å². The number of rotatable bonds is 6. The van der Waals surface area contributed by atoms with Crippen molar-refractivity contribution < 1.29 is 4.79 Å². The molecule has 3 nitrogen and oxygen atoms in total. The molecule has 1 atom stereocenters. The van der Waals surface area contributed by atoms with Gasteiger partial charge in [0.1, 0.15) is 0 Å². The van der Waals surface area contributed by atoms with Gasteiger partial charge >= 0.3 is 0 Å². The fraction of sp³-hybridized carbons (Fsp3) is 0.533. The number of hydrogen-bond acceptors (Lipinski definition) is 2. The quantitative estimate of drug-likeness (QED) is 0.810. The molecule has 0 saturated carbocycles. The van der Waals surface area contributed by atoms with Crippen molar-refractivity contribution >= 4 is 11.6 Å². The molecule has 1 rings (SSSR count). The summed E-state index contributed by atoms with van der Waals surface area (Å²) in [5.41, 5.74) is 2.05. The normalized spacial score (nSPS) is 12.5. The Morgan fingerprint density at radius 2 is 1.89 bits per heavy atom. The highest BCUT2D eigenvalue weighted by atomic mass is 16.1. The second kappa shape index (κ2) is 7.17. The molecule has 2 N–H and O–H groups in total. The Balaban J connectivity index is 2.79. The third-order valence-electron chi connectivity index (χ3n) is 2.81. The van der Waals surface area contributed by atoms with Gasteiger partial charge in [0, 0.05) is 18.2 Å². The van der Waals surface area contributed by atoms with Crippen LogP contribution < -0.4 is 10.6 Å². The Labute approximate surface area is 110 Å². The predicted octanol–water partition coefficient (Wildman–Crippen LogP) is 3.34. The highest BCUT2D eigenvalue weighted by Gasteiger charge is 2.11. The summed E-state index contributed by atoms with van der Waals surface area (Å²) in [6.45, 7) is 9.20.